The first-order valence-corrected chi connectivity index (χ1v) is 3.51. The average Bonchev–Trinajstić information content (AvgIpc) is 2.49. The van der Waals surface area contributed by atoms with Crippen molar-refractivity contribution in [2.45, 2.75) is 13.0 Å². The van der Waals surface area contributed by atoms with E-state index < -0.39 is 5.91 Å². The van der Waals surface area contributed by atoms with Gasteiger partial charge in [-0.15, -0.1) is 5.10 Å². The first kappa shape index (κ1) is 6.96. The summed E-state index contributed by atoms with van der Waals surface area (Å²) in [6.07, 6.45) is 2.33. The molecule has 0 fully saturated rings. The van der Waals surface area contributed by atoms with Crippen LogP contribution in [-0.4, -0.2) is 26.1 Å². The standard InChI is InChI=1S/C6H7N5O/c7-6(12)4-1-2-5-8-9-10-11(5)3-4/h1H,2-3H2,(H2,7,12). The van der Waals surface area contributed by atoms with E-state index >= 15 is 0 Å². The van der Waals surface area contributed by atoms with E-state index in [1.807, 2.05) is 0 Å². The Kier molecular flexibility index (Phi) is 1.39. The molecule has 0 atom stereocenters. The van der Waals surface area contributed by atoms with Crippen LogP contribution in [0.3, 0.4) is 0 Å². The number of hydrogen-bond acceptors (Lipinski definition) is 4. The molecule has 1 aromatic rings. The van der Waals surface area contributed by atoms with Gasteiger partial charge in [0.25, 0.3) is 0 Å². The highest BCUT2D eigenvalue weighted by Crippen LogP contribution is 2.08. The summed E-state index contributed by atoms with van der Waals surface area (Å²) in [5.41, 5.74) is 5.67. The lowest BCUT2D eigenvalue weighted by molar-refractivity contribution is -0.114. The molecule has 0 bridgehead atoms. The first-order chi connectivity index (χ1) is 5.77. The number of fused-ring (bicyclic) bond motifs is 1. The quantitative estimate of drug-likeness (QED) is 0.556. The van der Waals surface area contributed by atoms with Crippen molar-refractivity contribution in [3.63, 3.8) is 0 Å². The van der Waals surface area contributed by atoms with Crippen LogP contribution in [0.25, 0.3) is 0 Å². The molecular weight excluding hydrogens is 158 g/mol. The lowest BCUT2D eigenvalue weighted by Crippen LogP contribution is -2.22. The molecule has 2 rings (SSSR count). The summed E-state index contributed by atoms with van der Waals surface area (Å²) in [7, 11) is 0. The number of nitrogens with zero attached hydrogens (tertiary/aromatic N) is 4. The molecule has 62 valence electrons. The van der Waals surface area contributed by atoms with Gasteiger partial charge in [-0.2, -0.15) is 0 Å². The number of allylic oxidation sites excluding steroid dienone is 1. The lowest BCUT2D eigenvalue weighted by Gasteiger charge is -2.09. The van der Waals surface area contributed by atoms with Gasteiger partial charge in [0, 0.05) is 12.0 Å². The second kappa shape index (κ2) is 2.40. The van der Waals surface area contributed by atoms with Gasteiger partial charge in [0.2, 0.25) is 5.91 Å². The molecule has 0 saturated carbocycles. The van der Waals surface area contributed by atoms with Crippen molar-refractivity contribution in [1.29, 1.82) is 0 Å². The van der Waals surface area contributed by atoms with Gasteiger partial charge in [-0.25, -0.2) is 4.68 Å². The van der Waals surface area contributed by atoms with E-state index in [-0.39, 0.29) is 0 Å². The second-order valence-electron chi connectivity index (χ2n) is 2.55. The molecule has 12 heavy (non-hydrogen) atoms. The summed E-state index contributed by atoms with van der Waals surface area (Å²) in [6.45, 7) is 0.387. The van der Waals surface area contributed by atoms with Crippen LogP contribution in [0.5, 0.6) is 0 Å². The zero-order chi connectivity index (χ0) is 8.55. The van der Waals surface area contributed by atoms with E-state index in [1.54, 1.807) is 10.8 Å². The molecule has 2 heterocycles. The maximum Gasteiger partial charge on any atom is 0.246 e. The van der Waals surface area contributed by atoms with Crippen molar-refractivity contribution in [1.82, 2.24) is 20.2 Å². The fourth-order valence-corrected chi connectivity index (χ4v) is 1.11. The Morgan fingerprint density at radius 2 is 2.50 bits per heavy atom. The Labute approximate surface area is 68.0 Å². The van der Waals surface area contributed by atoms with Gasteiger partial charge >= 0.3 is 0 Å². The zero-order valence-electron chi connectivity index (χ0n) is 6.27. The number of amides is 1. The van der Waals surface area contributed by atoms with Crippen molar-refractivity contribution in [3.8, 4) is 0 Å². The van der Waals surface area contributed by atoms with Crippen LogP contribution in [0, 0.1) is 0 Å². The van der Waals surface area contributed by atoms with E-state index in [2.05, 4.69) is 15.5 Å². The molecule has 1 aromatic heterocycles. The molecule has 0 aromatic carbocycles. The molecule has 6 heteroatoms. The third kappa shape index (κ3) is 0.969. The second-order valence-corrected chi connectivity index (χ2v) is 2.55. The minimum absolute atomic E-state index is 0.387. The summed E-state index contributed by atoms with van der Waals surface area (Å²) >= 11 is 0. The number of nitrogens with two attached hydrogens (primary N) is 1. The summed E-state index contributed by atoms with van der Waals surface area (Å²) in [5.74, 6) is 0.358. The summed E-state index contributed by atoms with van der Waals surface area (Å²) in [6, 6.07) is 0. The molecule has 1 aliphatic rings. The van der Waals surface area contributed by atoms with Crippen LogP contribution in [0.4, 0.5) is 0 Å². The topological polar surface area (TPSA) is 86.7 Å². The van der Waals surface area contributed by atoms with Crippen LogP contribution in [0.2, 0.25) is 0 Å². The number of carbonyl (C=O) groups excluding carboxylic acids is 1. The third-order valence-electron chi connectivity index (χ3n) is 1.77. The molecule has 0 aliphatic carbocycles. The Bertz CT molecular complexity index is 353. The SMILES string of the molecule is NC(=O)C1=CCc2nnnn2C1. The number of tetrazole rings is 1. The summed E-state index contributed by atoms with van der Waals surface area (Å²) in [5, 5.41) is 10.9. The van der Waals surface area contributed by atoms with Crippen LogP contribution in [0.1, 0.15) is 5.82 Å². The fourth-order valence-electron chi connectivity index (χ4n) is 1.11. The van der Waals surface area contributed by atoms with E-state index in [0.717, 1.165) is 5.82 Å². The Balaban J connectivity index is 2.29. The maximum absolute atomic E-state index is 10.8. The number of carbonyl (C=O) groups is 1. The average molecular weight is 165 g/mol. The zero-order valence-corrected chi connectivity index (χ0v) is 6.27. The normalized spacial score (nSPS) is 15.2. The molecule has 0 saturated heterocycles. The minimum atomic E-state index is -0.406. The Morgan fingerprint density at radius 3 is 3.25 bits per heavy atom. The van der Waals surface area contributed by atoms with Crippen molar-refractivity contribution in [3.05, 3.63) is 17.5 Å². The van der Waals surface area contributed by atoms with Crippen molar-refractivity contribution in [2.75, 3.05) is 0 Å². The maximum atomic E-state index is 10.8. The van der Waals surface area contributed by atoms with Crippen LogP contribution in [0.15, 0.2) is 11.6 Å². The van der Waals surface area contributed by atoms with Crippen LogP contribution >= 0.6 is 0 Å². The number of aromatic nitrogens is 4. The summed E-state index contributed by atoms with van der Waals surface area (Å²) < 4.78 is 1.57. The van der Waals surface area contributed by atoms with Gasteiger partial charge in [0.15, 0.2) is 5.82 Å². The molecular formula is C6H7N5O. The van der Waals surface area contributed by atoms with Crippen molar-refractivity contribution >= 4 is 5.91 Å². The predicted molar refractivity (Wildman–Crippen MR) is 38.8 cm³/mol. The third-order valence-corrected chi connectivity index (χ3v) is 1.77. The molecule has 6 nitrogen and oxygen atoms in total. The van der Waals surface area contributed by atoms with E-state index in [4.69, 9.17) is 5.73 Å². The number of rotatable bonds is 1. The highest BCUT2D eigenvalue weighted by molar-refractivity contribution is 5.91. The highest BCUT2D eigenvalue weighted by atomic mass is 16.1. The molecule has 1 amide bonds. The van der Waals surface area contributed by atoms with Crippen LogP contribution < -0.4 is 5.73 Å². The van der Waals surface area contributed by atoms with Gasteiger partial charge in [0.1, 0.15) is 0 Å². The van der Waals surface area contributed by atoms with E-state index in [9.17, 15) is 4.79 Å². The van der Waals surface area contributed by atoms with Crippen LogP contribution in [-0.2, 0) is 17.8 Å². The largest absolute Gasteiger partial charge is 0.366 e. The van der Waals surface area contributed by atoms with E-state index in [0.29, 0.717) is 18.5 Å². The Morgan fingerprint density at radius 1 is 1.67 bits per heavy atom. The Hall–Kier alpha value is -1.72. The van der Waals surface area contributed by atoms with Gasteiger partial charge in [0.05, 0.1) is 6.54 Å². The number of primary amides is 1. The smallest absolute Gasteiger partial charge is 0.246 e. The monoisotopic (exact) mass is 165 g/mol. The summed E-state index contributed by atoms with van der Waals surface area (Å²) in [4.78, 5) is 10.8. The predicted octanol–water partition coefficient (Wildman–Crippen LogP) is -1.36. The van der Waals surface area contributed by atoms with Gasteiger partial charge in [-0.1, -0.05) is 6.08 Å². The molecule has 0 radical (unpaired) electrons. The van der Waals surface area contributed by atoms with Gasteiger partial charge < -0.3 is 5.73 Å². The highest BCUT2D eigenvalue weighted by Gasteiger charge is 2.15. The fraction of sp³-hybridized carbons (Fsp3) is 0.333. The minimum Gasteiger partial charge on any atom is -0.366 e. The van der Waals surface area contributed by atoms with Gasteiger partial charge in [-0.3, -0.25) is 4.79 Å². The lowest BCUT2D eigenvalue weighted by atomic mass is 10.1. The molecule has 0 unspecified atom stereocenters. The molecule has 1 aliphatic heterocycles. The first-order valence-electron chi connectivity index (χ1n) is 3.51. The van der Waals surface area contributed by atoms with Gasteiger partial charge in [-0.05, 0) is 10.4 Å². The van der Waals surface area contributed by atoms with E-state index in [1.165, 1.54) is 0 Å². The van der Waals surface area contributed by atoms with Crippen molar-refractivity contribution < 1.29 is 4.79 Å². The van der Waals surface area contributed by atoms with Crippen molar-refractivity contribution in [2.24, 2.45) is 5.73 Å². The molecule has 0 spiro atoms. The number of hydrogen-bond donors (Lipinski definition) is 1. The molecule has 2 N–H and O–H groups in total.